The van der Waals surface area contributed by atoms with Crippen LogP contribution in [0.25, 0.3) is 10.9 Å². The van der Waals surface area contributed by atoms with E-state index in [-0.39, 0.29) is 5.41 Å². The van der Waals surface area contributed by atoms with E-state index in [0.717, 1.165) is 32.0 Å². The molecule has 1 heterocycles. The Balaban J connectivity index is 1.84. The summed E-state index contributed by atoms with van der Waals surface area (Å²) < 4.78 is 0. The number of hydrogen-bond acceptors (Lipinski definition) is 2. The van der Waals surface area contributed by atoms with Crippen molar-refractivity contribution in [1.29, 1.82) is 0 Å². The van der Waals surface area contributed by atoms with E-state index < -0.39 is 0 Å². The maximum Gasteiger partial charge on any atom is 0.191 e. The molecule has 25 heavy (non-hydrogen) atoms. The number of nitrogens with one attached hydrogen (secondary N) is 3. The highest BCUT2D eigenvalue weighted by Crippen LogP contribution is 2.19. The Morgan fingerprint density at radius 1 is 1.24 bits per heavy atom. The average molecular weight is 344 g/mol. The summed E-state index contributed by atoms with van der Waals surface area (Å²) in [5, 5.41) is 8.17. The van der Waals surface area contributed by atoms with E-state index in [1.807, 2.05) is 7.05 Å². The van der Waals surface area contributed by atoms with Crippen molar-refractivity contribution in [1.82, 2.24) is 20.5 Å². The predicted molar refractivity (Wildman–Crippen MR) is 108 cm³/mol. The summed E-state index contributed by atoms with van der Waals surface area (Å²) in [7, 11) is 6.04. The second-order valence-electron chi connectivity index (χ2n) is 7.87. The van der Waals surface area contributed by atoms with Gasteiger partial charge in [-0.1, -0.05) is 26.0 Å². The second-order valence-corrected chi connectivity index (χ2v) is 7.87. The van der Waals surface area contributed by atoms with E-state index in [4.69, 9.17) is 0 Å². The Kier molecular flexibility index (Phi) is 6.48. The van der Waals surface area contributed by atoms with Gasteiger partial charge in [0, 0.05) is 43.8 Å². The van der Waals surface area contributed by atoms with Crippen LogP contribution in [0.5, 0.6) is 0 Å². The van der Waals surface area contributed by atoms with Crippen LogP contribution >= 0.6 is 0 Å². The molecule has 3 N–H and O–H groups in total. The molecule has 0 fully saturated rings. The van der Waals surface area contributed by atoms with Crippen LogP contribution in [0.4, 0.5) is 0 Å². The number of H-pyrrole nitrogens is 1. The summed E-state index contributed by atoms with van der Waals surface area (Å²) in [5.74, 6) is 0.863. The Hall–Kier alpha value is -2.01. The van der Waals surface area contributed by atoms with E-state index in [1.54, 1.807) is 0 Å². The lowest BCUT2D eigenvalue weighted by atomic mass is 9.93. The van der Waals surface area contributed by atoms with Gasteiger partial charge in [-0.05, 0) is 50.0 Å². The van der Waals surface area contributed by atoms with E-state index in [1.165, 1.54) is 22.0 Å². The predicted octanol–water partition coefficient (Wildman–Crippen LogP) is 2.77. The van der Waals surface area contributed by atoms with E-state index in [2.05, 4.69) is 84.8 Å². The Morgan fingerprint density at radius 2 is 2.00 bits per heavy atom. The zero-order valence-electron chi connectivity index (χ0n) is 16.5. The fraction of sp³-hybridized carbons (Fsp3) is 0.550. The van der Waals surface area contributed by atoms with E-state index in [9.17, 15) is 0 Å². The van der Waals surface area contributed by atoms with Gasteiger partial charge in [0.15, 0.2) is 5.96 Å². The van der Waals surface area contributed by atoms with Gasteiger partial charge in [-0.3, -0.25) is 4.99 Å². The average Bonchev–Trinajstić information content (AvgIpc) is 2.91. The molecule has 0 bridgehead atoms. The molecule has 0 spiro atoms. The summed E-state index contributed by atoms with van der Waals surface area (Å²) in [6.07, 6.45) is 3.08. The lowest BCUT2D eigenvalue weighted by Gasteiger charge is -2.29. The SMILES string of the molecule is CN=C(NCCc1c[nH]c2cc(C)ccc12)NCC(C)(C)CN(C)C. The number of aliphatic imine (C=N–C) groups is 1. The minimum atomic E-state index is 0.190. The number of rotatable bonds is 7. The smallest absolute Gasteiger partial charge is 0.191 e. The number of nitrogens with zero attached hydrogens (tertiary/aromatic N) is 2. The van der Waals surface area contributed by atoms with Crippen LogP contribution in [0.3, 0.4) is 0 Å². The first-order chi connectivity index (χ1) is 11.8. The number of aryl methyl sites for hydroxylation is 1. The van der Waals surface area contributed by atoms with Gasteiger partial charge in [-0.25, -0.2) is 0 Å². The molecule has 1 aromatic heterocycles. The fourth-order valence-corrected chi connectivity index (χ4v) is 3.28. The molecule has 0 aliphatic rings. The number of aromatic amines is 1. The third-order valence-electron chi connectivity index (χ3n) is 4.31. The molecule has 0 atom stereocenters. The van der Waals surface area contributed by atoms with Gasteiger partial charge in [-0.2, -0.15) is 0 Å². The monoisotopic (exact) mass is 343 g/mol. The lowest BCUT2D eigenvalue weighted by molar-refractivity contribution is 0.241. The van der Waals surface area contributed by atoms with Crippen molar-refractivity contribution < 1.29 is 0 Å². The first-order valence-electron chi connectivity index (χ1n) is 8.96. The molecular weight excluding hydrogens is 310 g/mol. The van der Waals surface area contributed by atoms with Crippen LogP contribution < -0.4 is 10.6 Å². The number of fused-ring (bicyclic) bond motifs is 1. The molecule has 5 heteroatoms. The van der Waals surface area contributed by atoms with Crippen LogP contribution in [0.1, 0.15) is 25.0 Å². The molecule has 1 aromatic carbocycles. The molecule has 2 aromatic rings. The molecule has 138 valence electrons. The molecule has 0 saturated heterocycles. The number of aromatic nitrogens is 1. The van der Waals surface area contributed by atoms with Crippen LogP contribution in [-0.4, -0.2) is 56.6 Å². The number of guanidine groups is 1. The summed E-state index contributed by atoms with van der Waals surface area (Å²) in [5.41, 5.74) is 4.02. The third kappa shape index (κ3) is 5.78. The van der Waals surface area contributed by atoms with Gasteiger partial charge in [-0.15, -0.1) is 0 Å². The number of hydrogen-bond donors (Lipinski definition) is 3. The van der Waals surface area contributed by atoms with Crippen LogP contribution in [0, 0.1) is 12.3 Å². The van der Waals surface area contributed by atoms with Crippen LogP contribution in [-0.2, 0) is 6.42 Å². The summed E-state index contributed by atoms with van der Waals surface area (Å²) >= 11 is 0. The number of benzene rings is 1. The Bertz CT molecular complexity index is 712. The van der Waals surface area contributed by atoms with Crippen molar-refractivity contribution in [3.63, 3.8) is 0 Å². The molecule has 0 unspecified atom stereocenters. The van der Waals surface area contributed by atoms with Gasteiger partial charge in [0.2, 0.25) is 0 Å². The highest BCUT2D eigenvalue weighted by atomic mass is 15.2. The van der Waals surface area contributed by atoms with Crippen molar-refractivity contribution in [2.24, 2.45) is 10.4 Å². The third-order valence-corrected chi connectivity index (χ3v) is 4.31. The van der Waals surface area contributed by atoms with E-state index in [0.29, 0.717) is 0 Å². The Labute approximate surface area is 151 Å². The molecule has 0 saturated carbocycles. The maximum atomic E-state index is 4.34. The minimum absolute atomic E-state index is 0.190. The van der Waals surface area contributed by atoms with Gasteiger partial charge in [0.05, 0.1) is 0 Å². The first kappa shape index (κ1) is 19.3. The highest BCUT2D eigenvalue weighted by molar-refractivity contribution is 5.84. The lowest BCUT2D eigenvalue weighted by Crippen LogP contribution is -2.45. The normalized spacial score (nSPS) is 12.8. The quantitative estimate of drug-likeness (QED) is 0.535. The molecule has 0 aliphatic carbocycles. The Morgan fingerprint density at radius 3 is 2.68 bits per heavy atom. The van der Waals surface area contributed by atoms with Gasteiger partial charge >= 0.3 is 0 Å². The van der Waals surface area contributed by atoms with Crippen molar-refractivity contribution in [2.45, 2.75) is 27.2 Å². The van der Waals surface area contributed by atoms with Crippen molar-refractivity contribution >= 4 is 16.9 Å². The molecule has 0 aliphatic heterocycles. The topological polar surface area (TPSA) is 55.5 Å². The molecular formula is C20H33N5. The van der Waals surface area contributed by atoms with Crippen LogP contribution in [0.15, 0.2) is 29.4 Å². The van der Waals surface area contributed by atoms with E-state index >= 15 is 0 Å². The summed E-state index contributed by atoms with van der Waals surface area (Å²) in [6, 6.07) is 6.56. The zero-order chi connectivity index (χ0) is 18.4. The van der Waals surface area contributed by atoms with Gasteiger partial charge in [0.1, 0.15) is 0 Å². The van der Waals surface area contributed by atoms with Gasteiger partial charge < -0.3 is 20.5 Å². The molecule has 0 amide bonds. The largest absolute Gasteiger partial charge is 0.361 e. The van der Waals surface area contributed by atoms with Crippen molar-refractivity contribution in [3.05, 3.63) is 35.5 Å². The highest BCUT2D eigenvalue weighted by Gasteiger charge is 2.19. The molecule has 2 rings (SSSR count). The minimum Gasteiger partial charge on any atom is -0.361 e. The van der Waals surface area contributed by atoms with Crippen molar-refractivity contribution in [2.75, 3.05) is 40.8 Å². The maximum absolute atomic E-state index is 4.34. The molecule has 0 radical (unpaired) electrons. The first-order valence-corrected chi connectivity index (χ1v) is 8.96. The molecule has 5 nitrogen and oxygen atoms in total. The fourth-order valence-electron chi connectivity index (χ4n) is 3.28. The standard InChI is InChI=1S/C20H33N5/c1-15-7-8-17-16(12-23-18(17)11-15)9-10-22-19(21-4)24-13-20(2,3)14-25(5)6/h7-8,11-12,23H,9-10,13-14H2,1-6H3,(H2,21,22,24). The van der Waals surface area contributed by atoms with Crippen LogP contribution in [0.2, 0.25) is 0 Å². The van der Waals surface area contributed by atoms with Crippen molar-refractivity contribution in [3.8, 4) is 0 Å². The zero-order valence-corrected chi connectivity index (χ0v) is 16.5. The summed E-state index contributed by atoms with van der Waals surface area (Å²) in [6.45, 7) is 9.43. The van der Waals surface area contributed by atoms with Gasteiger partial charge in [0.25, 0.3) is 0 Å². The second kappa shape index (κ2) is 8.39. The summed E-state index contributed by atoms with van der Waals surface area (Å²) in [4.78, 5) is 9.92.